The number of carbonyl (C=O) groups is 1. The third-order valence-corrected chi connectivity index (χ3v) is 8.71. The summed E-state index contributed by atoms with van der Waals surface area (Å²) in [6.07, 6.45) is 7.66. The molecule has 0 bridgehead atoms. The van der Waals surface area contributed by atoms with Crippen LogP contribution in [0.5, 0.6) is 11.5 Å². The summed E-state index contributed by atoms with van der Waals surface area (Å²) in [6, 6.07) is 21.4. The third-order valence-electron chi connectivity index (χ3n) is 7.37. The molecule has 0 saturated heterocycles. The summed E-state index contributed by atoms with van der Waals surface area (Å²) in [5.41, 5.74) is 5.78. The number of hydrogen-bond acceptors (Lipinski definition) is 6. The molecular weight excluding hydrogens is 584 g/mol. The van der Waals surface area contributed by atoms with Gasteiger partial charge < -0.3 is 14.2 Å². The highest BCUT2D eigenvalue weighted by Gasteiger charge is 2.13. The van der Waals surface area contributed by atoms with Crippen molar-refractivity contribution in [3.05, 3.63) is 101 Å². The fraction of sp³-hybridized carbons (Fsp3) is 0.351. The Labute approximate surface area is 269 Å². The van der Waals surface area contributed by atoms with Crippen molar-refractivity contribution in [3.63, 3.8) is 0 Å². The van der Waals surface area contributed by atoms with Crippen LogP contribution >= 0.6 is 0 Å². The number of hydrogen-bond donors (Lipinski definition) is 0. The van der Waals surface area contributed by atoms with Crippen LogP contribution in [0.3, 0.4) is 0 Å². The van der Waals surface area contributed by atoms with Gasteiger partial charge in [0.15, 0.2) is 5.78 Å². The Morgan fingerprint density at radius 3 is 2.38 bits per heavy atom. The number of ether oxygens (including phenoxy) is 3. The molecule has 0 fully saturated rings. The van der Waals surface area contributed by atoms with Crippen molar-refractivity contribution in [2.24, 2.45) is 0 Å². The molecule has 0 aliphatic heterocycles. The predicted octanol–water partition coefficient (Wildman–Crippen LogP) is 7.61. The molecule has 1 heterocycles. The molecule has 0 aliphatic rings. The van der Waals surface area contributed by atoms with Gasteiger partial charge in [-0.25, -0.2) is 0 Å². The van der Waals surface area contributed by atoms with E-state index in [4.69, 9.17) is 14.2 Å². The van der Waals surface area contributed by atoms with Gasteiger partial charge in [-0.2, -0.15) is 5.10 Å². The van der Waals surface area contributed by atoms with Gasteiger partial charge in [0.2, 0.25) is 0 Å². The van der Waals surface area contributed by atoms with E-state index in [2.05, 4.69) is 12.0 Å². The van der Waals surface area contributed by atoms with Gasteiger partial charge in [-0.05, 0) is 98.0 Å². The number of benzene rings is 3. The zero-order valence-electron chi connectivity index (χ0n) is 26.8. The van der Waals surface area contributed by atoms with Gasteiger partial charge in [0.05, 0.1) is 41.7 Å². The molecule has 7 nitrogen and oxygen atoms in total. The van der Waals surface area contributed by atoms with Gasteiger partial charge in [0.1, 0.15) is 18.1 Å². The molecule has 0 saturated carbocycles. The number of aromatic nitrogens is 2. The minimum absolute atomic E-state index is 0.0284. The highest BCUT2D eigenvalue weighted by molar-refractivity contribution is 7.84. The molecule has 0 aliphatic carbocycles. The second-order valence-electron chi connectivity index (χ2n) is 10.7. The number of ketones is 1. The Hall–Kier alpha value is -4.01. The molecule has 4 rings (SSSR count). The van der Waals surface area contributed by atoms with E-state index < -0.39 is 10.8 Å². The van der Waals surface area contributed by atoms with Crippen molar-refractivity contribution in [2.75, 3.05) is 26.4 Å². The van der Waals surface area contributed by atoms with E-state index in [1.54, 1.807) is 6.08 Å². The molecule has 4 aromatic rings. The highest BCUT2D eigenvalue weighted by Crippen LogP contribution is 2.29. The second-order valence-corrected chi connectivity index (χ2v) is 12.2. The molecule has 0 radical (unpaired) electrons. The van der Waals surface area contributed by atoms with Crippen LogP contribution in [0, 0.1) is 6.92 Å². The number of allylic oxidation sites excluding steroid dienone is 1. The van der Waals surface area contributed by atoms with Crippen LogP contribution in [0.15, 0.2) is 83.9 Å². The average molecular weight is 629 g/mol. The van der Waals surface area contributed by atoms with E-state index in [-0.39, 0.29) is 12.2 Å². The first-order valence-electron chi connectivity index (χ1n) is 15.7. The Kier molecular flexibility index (Phi) is 13.2. The summed E-state index contributed by atoms with van der Waals surface area (Å²) in [6.45, 7) is 11.2. The summed E-state index contributed by atoms with van der Waals surface area (Å²) in [5.74, 6) is 1.90. The standard InChI is InChI=1S/C37H44N2O5S/c1-5-8-21-42-22-23-44-34-16-12-30(13-17-34)31-14-20-37(43-7-3)32(25-31)11-15-33(40)24-29-9-18-35(19-10-29)45(41)27-36-28(4)26-38-39(36)6-2/h9-20,25-26H,5-8,21-24,27H2,1-4H3/b15-11+/t45-/m1/s1. The topological polar surface area (TPSA) is 79.7 Å². The maximum Gasteiger partial charge on any atom is 0.160 e. The summed E-state index contributed by atoms with van der Waals surface area (Å²) in [5, 5.41) is 4.35. The predicted molar refractivity (Wildman–Crippen MR) is 181 cm³/mol. The van der Waals surface area contributed by atoms with Crippen LogP contribution in [0.2, 0.25) is 0 Å². The van der Waals surface area contributed by atoms with E-state index in [1.165, 1.54) is 0 Å². The summed E-state index contributed by atoms with van der Waals surface area (Å²) >= 11 is 0. The van der Waals surface area contributed by atoms with Crippen LogP contribution in [-0.4, -0.2) is 46.2 Å². The molecule has 8 heteroatoms. The minimum Gasteiger partial charge on any atom is -0.493 e. The minimum atomic E-state index is -1.20. The fourth-order valence-corrected chi connectivity index (χ4v) is 6.06. The number of unbranched alkanes of at least 4 members (excludes halogenated alkanes) is 1. The molecule has 1 atom stereocenters. The maximum absolute atomic E-state index is 13.0. The van der Waals surface area contributed by atoms with Crippen LogP contribution in [0.25, 0.3) is 17.2 Å². The van der Waals surface area contributed by atoms with Gasteiger partial charge in [-0.1, -0.05) is 43.7 Å². The van der Waals surface area contributed by atoms with Gasteiger partial charge >= 0.3 is 0 Å². The first kappa shape index (κ1) is 33.9. The molecule has 238 valence electrons. The number of rotatable bonds is 18. The lowest BCUT2D eigenvalue weighted by Gasteiger charge is -2.11. The van der Waals surface area contributed by atoms with E-state index in [1.807, 2.05) is 104 Å². The van der Waals surface area contributed by atoms with Crippen LogP contribution in [-0.2, 0) is 39.0 Å². The largest absolute Gasteiger partial charge is 0.493 e. The fourth-order valence-electron chi connectivity index (χ4n) is 4.83. The van der Waals surface area contributed by atoms with E-state index in [0.29, 0.717) is 25.6 Å². The molecule has 0 spiro atoms. The van der Waals surface area contributed by atoms with Crippen molar-refractivity contribution in [2.45, 2.75) is 64.2 Å². The summed E-state index contributed by atoms with van der Waals surface area (Å²) in [7, 11) is -1.20. The Balaban J connectivity index is 1.37. The van der Waals surface area contributed by atoms with E-state index in [9.17, 15) is 9.00 Å². The molecular formula is C37H44N2O5S. The number of aryl methyl sites for hydroxylation is 2. The Morgan fingerprint density at radius 2 is 1.67 bits per heavy atom. The molecule has 1 aromatic heterocycles. The van der Waals surface area contributed by atoms with Crippen molar-refractivity contribution in [1.29, 1.82) is 0 Å². The molecule has 45 heavy (non-hydrogen) atoms. The Morgan fingerprint density at radius 1 is 0.911 bits per heavy atom. The quantitative estimate of drug-likeness (QED) is 0.0834. The number of carbonyl (C=O) groups excluding carboxylic acids is 1. The van der Waals surface area contributed by atoms with E-state index >= 15 is 0 Å². The van der Waals surface area contributed by atoms with Crippen LogP contribution < -0.4 is 9.47 Å². The zero-order valence-corrected chi connectivity index (χ0v) is 27.6. The van der Waals surface area contributed by atoms with Gasteiger partial charge in [0.25, 0.3) is 0 Å². The van der Waals surface area contributed by atoms with Crippen molar-refractivity contribution >= 4 is 22.7 Å². The first-order valence-corrected chi connectivity index (χ1v) is 17.0. The van der Waals surface area contributed by atoms with Gasteiger partial charge in [-0.3, -0.25) is 13.7 Å². The Bertz CT molecular complexity index is 1580. The molecule has 3 aromatic carbocycles. The van der Waals surface area contributed by atoms with Crippen molar-refractivity contribution in [1.82, 2.24) is 9.78 Å². The lowest BCUT2D eigenvalue weighted by Crippen LogP contribution is -2.07. The van der Waals surface area contributed by atoms with Gasteiger partial charge in [-0.15, -0.1) is 0 Å². The highest BCUT2D eigenvalue weighted by atomic mass is 32.2. The van der Waals surface area contributed by atoms with Gasteiger partial charge in [0, 0.05) is 30.0 Å². The number of nitrogens with zero attached hydrogens (tertiary/aromatic N) is 2. The second kappa shape index (κ2) is 17.5. The van der Waals surface area contributed by atoms with Crippen LogP contribution in [0.1, 0.15) is 56.0 Å². The maximum atomic E-state index is 13.0. The van der Waals surface area contributed by atoms with Crippen molar-refractivity contribution in [3.8, 4) is 22.6 Å². The molecule has 0 unspecified atom stereocenters. The molecule has 0 amide bonds. The lowest BCUT2D eigenvalue weighted by molar-refractivity contribution is -0.113. The third kappa shape index (κ3) is 9.99. The molecule has 0 N–H and O–H groups in total. The normalized spacial score (nSPS) is 12.0. The van der Waals surface area contributed by atoms with Crippen molar-refractivity contribution < 1.29 is 23.2 Å². The smallest absolute Gasteiger partial charge is 0.160 e. The van der Waals surface area contributed by atoms with Crippen LogP contribution in [0.4, 0.5) is 0 Å². The first-order chi connectivity index (χ1) is 21.9. The van der Waals surface area contributed by atoms with E-state index in [0.717, 1.165) is 75.9 Å². The monoisotopic (exact) mass is 628 g/mol. The zero-order chi connectivity index (χ0) is 32.0. The average Bonchev–Trinajstić information content (AvgIpc) is 3.41. The summed E-state index contributed by atoms with van der Waals surface area (Å²) < 4.78 is 32.1. The lowest BCUT2D eigenvalue weighted by atomic mass is 10.0. The summed E-state index contributed by atoms with van der Waals surface area (Å²) in [4.78, 5) is 13.7. The SMILES string of the molecule is CCCCOCCOc1ccc(-c2ccc(OCC)c(/C=C/C(=O)Cc3ccc([S@](=O)Cc4c(C)cnn4CC)cc3)c2)cc1.